The Labute approximate surface area is 174 Å². The van der Waals surface area contributed by atoms with Gasteiger partial charge in [0.05, 0.1) is 18.7 Å². The number of hydrogen-bond donors (Lipinski definition) is 4. The number of likely N-dealkylation sites (N-methyl/N-ethyl adjacent to an activating group) is 1. The van der Waals surface area contributed by atoms with E-state index in [1.807, 2.05) is 55.5 Å². The molecule has 7 heteroatoms. The quantitative estimate of drug-likeness (QED) is 0.516. The number of H-pyrrole nitrogens is 1. The summed E-state index contributed by atoms with van der Waals surface area (Å²) in [4.78, 5) is 30.1. The third-order valence-corrected chi connectivity index (χ3v) is 5.75. The first-order valence-electron chi connectivity index (χ1n) is 9.92. The molecule has 3 aromatic rings. The van der Waals surface area contributed by atoms with Crippen molar-refractivity contribution in [2.24, 2.45) is 0 Å². The van der Waals surface area contributed by atoms with Gasteiger partial charge in [-0.25, -0.2) is 0 Å². The van der Waals surface area contributed by atoms with Crippen LogP contribution in [0.15, 0.2) is 48.5 Å². The molecule has 4 N–H and O–H groups in total. The van der Waals surface area contributed by atoms with Crippen LogP contribution in [0.25, 0.3) is 10.9 Å². The van der Waals surface area contributed by atoms with E-state index in [4.69, 9.17) is 5.11 Å². The SMILES string of the molecule is Cc1ccc2[nH]c(C(=O)N[C@@H]3Cc4ccccc4[C@H]3N(C)C(=O)[C@@H](O)CO)cc2c1. The summed E-state index contributed by atoms with van der Waals surface area (Å²) in [6.45, 7) is 1.35. The van der Waals surface area contributed by atoms with Crippen molar-refractivity contribution >= 4 is 22.7 Å². The predicted molar refractivity (Wildman–Crippen MR) is 113 cm³/mol. The van der Waals surface area contributed by atoms with E-state index in [2.05, 4.69) is 10.3 Å². The Morgan fingerprint density at radius 3 is 2.77 bits per heavy atom. The molecule has 3 atom stereocenters. The monoisotopic (exact) mass is 407 g/mol. The first-order valence-corrected chi connectivity index (χ1v) is 9.92. The van der Waals surface area contributed by atoms with Gasteiger partial charge in [0.2, 0.25) is 0 Å². The van der Waals surface area contributed by atoms with Gasteiger partial charge in [0.15, 0.2) is 6.10 Å². The Balaban J connectivity index is 1.61. The summed E-state index contributed by atoms with van der Waals surface area (Å²) in [5.41, 5.74) is 4.42. The van der Waals surface area contributed by atoms with E-state index in [0.717, 1.165) is 27.6 Å². The van der Waals surface area contributed by atoms with E-state index in [0.29, 0.717) is 12.1 Å². The molecule has 0 radical (unpaired) electrons. The minimum absolute atomic E-state index is 0.254. The largest absolute Gasteiger partial charge is 0.393 e. The zero-order chi connectivity index (χ0) is 21.4. The van der Waals surface area contributed by atoms with Crippen LogP contribution in [0, 0.1) is 6.92 Å². The van der Waals surface area contributed by atoms with Gasteiger partial charge in [-0.3, -0.25) is 9.59 Å². The smallest absolute Gasteiger partial charge is 0.268 e. The number of aliphatic hydroxyl groups excluding tert-OH is 2. The van der Waals surface area contributed by atoms with Crippen molar-refractivity contribution in [2.45, 2.75) is 31.5 Å². The normalized spacial score (nSPS) is 18.8. The summed E-state index contributed by atoms with van der Waals surface area (Å²) >= 11 is 0. The van der Waals surface area contributed by atoms with Crippen LogP contribution < -0.4 is 5.32 Å². The zero-order valence-corrected chi connectivity index (χ0v) is 16.9. The molecule has 0 unspecified atom stereocenters. The van der Waals surface area contributed by atoms with Crippen molar-refractivity contribution in [3.8, 4) is 0 Å². The molecule has 1 aliphatic rings. The van der Waals surface area contributed by atoms with E-state index in [1.54, 1.807) is 7.05 Å². The van der Waals surface area contributed by atoms with Crippen LogP contribution in [0.3, 0.4) is 0 Å². The number of amides is 2. The van der Waals surface area contributed by atoms with Crippen LogP contribution in [0.4, 0.5) is 0 Å². The van der Waals surface area contributed by atoms with Gasteiger partial charge < -0.3 is 25.4 Å². The molecule has 1 heterocycles. The Hall–Kier alpha value is -3.16. The molecule has 0 saturated carbocycles. The lowest BCUT2D eigenvalue weighted by Crippen LogP contribution is -2.48. The number of fused-ring (bicyclic) bond motifs is 2. The maximum Gasteiger partial charge on any atom is 0.268 e. The number of aromatic amines is 1. The number of aliphatic hydroxyl groups is 2. The van der Waals surface area contributed by atoms with Crippen LogP contribution >= 0.6 is 0 Å². The lowest BCUT2D eigenvalue weighted by atomic mass is 10.0. The van der Waals surface area contributed by atoms with Crippen molar-refractivity contribution < 1.29 is 19.8 Å². The fraction of sp³-hybridized carbons (Fsp3) is 0.304. The molecule has 0 aliphatic heterocycles. The van der Waals surface area contributed by atoms with Crippen molar-refractivity contribution in [3.05, 3.63) is 70.9 Å². The topological polar surface area (TPSA) is 106 Å². The maximum atomic E-state index is 13.0. The van der Waals surface area contributed by atoms with Gasteiger partial charge in [0.1, 0.15) is 5.69 Å². The summed E-state index contributed by atoms with van der Waals surface area (Å²) in [6, 6.07) is 14.7. The van der Waals surface area contributed by atoms with Crippen molar-refractivity contribution in [1.29, 1.82) is 0 Å². The van der Waals surface area contributed by atoms with Crippen LogP contribution in [0.1, 0.15) is 33.2 Å². The maximum absolute atomic E-state index is 13.0. The van der Waals surface area contributed by atoms with Crippen LogP contribution in [0.5, 0.6) is 0 Å². The van der Waals surface area contributed by atoms with Gasteiger partial charge in [-0.1, -0.05) is 35.9 Å². The summed E-state index contributed by atoms with van der Waals surface area (Å²) in [5.74, 6) is -0.838. The molecule has 2 aromatic carbocycles. The third kappa shape index (κ3) is 3.58. The molecule has 2 amide bonds. The molecule has 7 nitrogen and oxygen atoms in total. The fourth-order valence-corrected chi connectivity index (χ4v) is 4.25. The highest BCUT2D eigenvalue weighted by Gasteiger charge is 2.39. The molecule has 0 saturated heterocycles. The average molecular weight is 407 g/mol. The minimum atomic E-state index is -1.49. The summed E-state index contributed by atoms with van der Waals surface area (Å²) in [5, 5.41) is 23.0. The van der Waals surface area contributed by atoms with Gasteiger partial charge in [0.25, 0.3) is 11.8 Å². The molecule has 1 aliphatic carbocycles. The standard InChI is InChI=1S/C23H25N3O4/c1-13-7-8-17-15(9-13)11-19(24-17)22(29)25-18-10-14-5-3-4-6-16(14)21(18)26(2)23(30)20(28)12-27/h3-9,11,18,20-21,24,27-28H,10,12H2,1-2H3,(H,25,29)/t18-,20+,21-/m1/s1. The van der Waals surface area contributed by atoms with Crippen molar-refractivity contribution in [2.75, 3.05) is 13.7 Å². The van der Waals surface area contributed by atoms with Crippen LogP contribution in [-0.4, -0.2) is 57.7 Å². The van der Waals surface area contributed by atoms with Crippen molar-refractivity contribution in [3.63, 3.8) is 0 Å². The van der Waals surface area contributed by atoms with Gasteiger partial charge in [-0.2, -0.15) is 0 Å². The first kappa shape index (κ1) is 20.1. The predicted octanol–water partition coefficient (Wildman–Crippen LogP) is 1.68. The third-order valence-electron chi connectivity index (χ3n) is 5.75. The van der Waals surface area contributed by atoms with E-state index in [9.17, 15) is 14.7 Å². The Morgan fingerprint density at radius 1 is 1.23 bits per heavy atom. The molecular formula is C23H25N3O4. The fourth-order valence-electron chi connectivity index (χ4n) is 4.25. The van der Waals surface area contributed by atoms with E-state index in [-0.39, 0.29) is 11.9 Å². The number of carbonyl (C=O) groups excluding carboxylic acids is 2. The first-order chi connectivity index (χ1) is 14.4. The number of nitrogens with one attached hydrogen (secondary N) is 2. The zero-order valence-electron chi connectivity index (χ0n) is 16.9. The number of carbonyl (C=O) groups is 2. The Kier molecular flexibility index (Phi) is 5.32. The minimum Gasteiger partial charge on any atom is -0.393 e. The molecular weight excluding hydrogens is 382 g/mol. The highest BCUT2D eigenvalue weighted by atomic mass is 16.3. The van der Waals surface area contributed by atoms with E-state index >= 15 is 0 Å². The second kappa shape index (κ2) is 7.93. The van der Waals surface area contributed by atoms with Crippen LogP contribution in [-0.2, 0) is 11.2 Å². The second-order valence-corrected chi connectivity index (χ2v) is 7.85. The molecule has 0 bridgehead atoms. The molecule has 1 aromatic heterocycles. The lowest BCUT2D eigenvalue weighted by molar-refractivity contribution is -0.143. The second-order valence-electron chi connectivity index (χ2n) is 7.85. The number of aryl methyl sites for hydroxylation is 1. The van der Waals surface area contributed by atoms with Crippen LogP contribution in [0.2, 0.25) is 0 Å². The number of benzene rings is 2. The number of nitrogens with zero attached hydrogens (tertiary/aromatic N) is 1. The average Bonchev–Trinajstić information content (AvgIpc) is 3.32. The van der Waals surface area contributed by atoms with Gasteiger partial charge in [-0.05, 0) is 42.7 Å². The van der Waals surface area contributed by atoms with Gasteiger partial charge in [0, 0.05) is 18.0 Å². The van der Waals surface area contributed by atoms with Gasteiger partial charge >= 0.3 is 0 Å². The highest BCUT2D eigenvalue weighted by molar-refractivity contribution is 5.98. The van der Waals surface area contributed by atoms with Gasteiger partial charge in [-0.15, -0.1) is 0 Å². The number of aromatic nitrogens is 1. The summed E-state index contributed by atoms with van der Waals surface area (Å²) < 4.78 is 0. The Morgan fingerprint density at radius 2 is 2.00 bits per heavy atom. The molecule has 156 valence electrons. The van der Waals surface area contributed by atoms with E-state index in [1.165, 1.54) is 4.90 Å². The molecule has 0 spiro atoms. The summed E-state index contributed by atoms with van der Waals surface area (Å²) in [7, 11) is 1.58. The Bertz CT molecular complexity index is 1110. The molecule has 0 fully saturated rings. The van der Waals surface area contributed by atoms with Crippen molar-refractivity contribution in [1.82, 2.24) is 15.2 Å². The molecule has 30 heavy (non-hydrogen) atoms. The molecule has 4 rings (SSSR count). The highest BCUT2D eigenvalue weighted by Crippen LogP contribution is 2.36. The summed E-state index contributed by atoms with van der Waals surface area (Å²) in [6.07, 6.45) is -0.922. The number of rotatable bonds is 5. The lowest BCUT2D eigenvalue weighted by Gasteiger charge is -2.32. The number of hydrogen-bond acceptors (Lipinski definition) is 4. The van der Waals surface area contributed by atoms with E-state index < -0.39 is 24.7 Å².